The number of nitrogens with one attached hydrogen (secondary N) is 1. The Balaban J connectivity index is 0.00000242. The maximum Gasteiger partial charge on any atom is 0.416 e. The van der Waals surface area contributed by atoms with E-state index in [1.807, 2.05) is 0 Å². The van der Waals surface area contributed by atoms with Crippen LogP contribution in [0.5, 0.6) is 0 Å². The second kappa shape index (κ2) is 7.83. The molecule has 0 bridgehead atoms. The number of anilines is 1. The Morgan fingerprint density at radius 3 is 2.36 bits per heavy atom. The van der Waals surface area contributed by atoms with Gasteiger partial charge in [0, 0.05) is 18.2 Å². The Morgan fingerprint density at radius 2 is 1.82 bits per heavy atom. The van der Waals surface area contributed by atoms with Crippen LogP contribution in [0.15, 0.2) is 18.2 Å². The fourth-order valence-electron chi connectivity index (χ4n) is 2.65. The van der Waals surface area contributed by atoms with Crippen LogP contribution in [0.2, 0.25) is 0 Å². The molecule has 1 aliphatic carbocycles. The molecule has 1 fully saturated rings. The summed E-state index contributed by atoms with van der Waals surface area (Å²) in [5.74, 6) is -0.299. The molecule has 1 aromatic carbocycles. The average molecular weight is 337 g/mol. The second-order valence-electron chi connectivity index (χ2n) is 5.44. The van der Waals surface area contributed by atoms with Crippen molar-refractivity contribution in [2.45, 2.75) is 44.8 Å². The van der Waals surface area contributed by atoms with Crippen molar-refractivity contribution >= 4 is 24.0 Å². The van der Waals surface area contributed by atoms with Gasteiger partial charge in [-0.1, -0.05) is 19.3 Å². The van der Waals surface area contributed by atoms with Crippen molar-refractivity contribution in [3.05, 3.63) is 29.3 Å². The van der Waals surface area contributed by atoms with Crippen molar-refractivity contribution < 1.29 is 18.0 Å². The van der Waals surface area contributed by atoms with Crippen molar-refractivity contribution in [1.82, 2.24) is 0 Å². The normalized spacial score (nSPS) is 16.0. The number of amides is 1. The third kappa shape index (κ3) is 4.88. The quantitative estimate of drug-likeness (QED) is 0.873. The molecule has 0 unspecified atom stereocenters. The summed E-state index contributed by atoms with van der Waals surface area (Å²) in [5.41, 5.74) is 5.16. The summed E-state index contributed by atoms with van der Waals surface area (Å²) in [6, 6.07) is 3.46. The lowest BCUT2D eigenvalue weighted by Gasteiger charge is -2.21. The Hall–Kier alpha value is -1.27. The zero-order valence-corrected chi connectivity index (χ0v) is 12.9. The Labute approximate surface area is 133 Å². The van der Waals surface area contributed by atoms with Crippen LogP contribution in [0.25, 0.3) is 0 Å². The number of carbonyl (C=O) groups is 1. The van der Waals surface area contributed by atoms with Gasteiger partial charge in [0.05, 0.1) is 5.56 Å². The number of halogens is 4. The molecule has 2 rings (SSSR count). The second-order valence-corrected chi connectivity index (χ2v) is 5.44. The van der Waals surface area contributed by atoms with E-state index < -0.39 is 11.7 Å². The first-order valence-electron chi connectivity index (χ1n) is 7.12. The Kier molecular flexibility index (Phi) is 6.68. The van der Waals surface area contributed by atoms with E-state index in [9.17, 15) is 18.0 Å². The molecule has 0 heterocycles. The van der Waals surface area contributed by atoms with Crippen molar-refractivity contribution in [2.24, 2.45) is 11.7 Å². The van der Waals surface area contributed by atoms with E-state index >= 15 is 0 Å². The van der Waals surface area contributed by atoms with E-state index in [-0.39, 0.29) is 36.5 Å². The van der Waals surface area contributed by atoms with Crippen LogP contribution < -0.4 is 11.1 Å². The molecule has 3 N–H and O–H groups in total. The molecule has 0 saturated heterocycles. The van der Waals surface area contributed by atoms with Gasteiger partial charge in [-0.05, 0) is 36.6 Å². The summed E-state index contributed by atoms with van der Waals surface area (Å²) in [5, 5.41) is 2.60. The Bertz CT molecular complexity index is 514. The molecule has 1 aliphatic rings. The van der Waals surface area contributed by atoms with Gasteiger partial charge in [0.25, 0.3) is 0 Å². The molecule has 22 heavy (non-hydrogen) atoms. The minimum atomic E-state index is -4.45. The third-order valence-electron chi connectivity index (χ3n) is 3.80. The summed E-state index contributed by atoms with van der Waals surface area (Å²) >= 11 is 0. The van der Waals surface area contributed by atoms with Gasteiger partial charge in [0.1, 0.15) is 0 Å². The van der Waals surface area contributed by atoms with E-state index in [0.29, 0.717) is 5.56 Å². The maximum atomic E-state index is 12.8. The minimum Gasteiger partial charge on any atom is -0.326 e. The smallest absolute Gasteiger partial charge is 0.326 e. The number of hydrogen-bond acceptors (Lipinski definition) is 2. The van der Waals surface area contributed by atoms with Gasteiger partial charge in [-0.25, -0.2) is 0 Å². The number of carbonyl (C=O) groups excluding carboxylic acids is 1. The highest BCUT2D eigenvalue weighted by molar-refractivity contribution is 5.92. The van der Waals surface area contributed by atoms with E-state index in [0.717, 1.165) is 44.2 Å². The van der Waals surface area contributed by atoms with Gasteiger partial charge < -0.3 is 11.1 Å². The van der Waals surface area contributed by atoms with Gasteiger partial charge in [-0.15, -0.1) is 12.4 Å². The number of alkyl halides is 3. The van der Waals surface area contributed by atoms with Crippen molar-refractivity contribution in [2.75, 3.05) is 5.32 Å². The van der Waals surface area contributed by atoms with Crippen LogP contribution in [-0.2, 0) is 17.5 Å². The number of nitrogens with two attached hydrogens (primary N) is 1. The van der Waals surface area contributed by atoms with Gasteiger partial charge in [0.15, 0.2) is 0 Å². The number of rotatable bonds is 3. The van der Waals surface area contributed by atoms with E-state index in [2.05, 4.69) is 5.32 Å². The van der Waals surface area contributed by atoms with Crippen LogP contribution in [0.1, 0.15) is 43.2 Å². The summed E-state index contributed by atoms with van der Waals surface area (Å²) in [4.78, 5) is 12.1. The fourth-order valence-corrected chi connectivity index (χ4v) is 2.65. The highest BCUT2D eigenvalue weighted by Gasteiger charge is 2.31. The first-order chi connectivity index (χ1) is 9.90. The zero-order chi connectivity index (χ0) is 15.5. The van der Waals surface area contributed by atoms with Crippen LogP contribution in [0, 0.1) is 5.92 Å². The molecule has 0 aliphatic heterocycles. The first-order valence-corrected chi connectivity index (χ1v) is 7.12. The minimum absolute atomic E-state index is 0. The zero-order valence-electron chi connectivity index (χ0n) is 12.1. The Morgan fingerprint density at radius 1 is 1.18 bits per heavy atom. The molecular weight excluding hydrogens is 317 g/mol. The first kappa shape index (κ1) is 18.8. The molecule has 1 amide bonds. The van der Waals surface area contributed by atoms with Gasteiger partial charge in [0.2, 0.25) is 5.91 Å². The summed E-state index contributed by atoms with van der Waals surface area (Å²) < 4.78 is 38.5. The SMILES string of the molecule is Cl.NCc1cc(NC(=O)C2CCCCC2)cc(C(F)(F)F)c1. The molecule has 0 radical (unpaired) electrons. The molecule has 124 valence electrons. The van der Waals surface area contributed by atoms with E-state index in [1.165, 1.54) is 6.07 Å². The third-order valence-corrected chi connectivity index (χ3v) is 3.80. The predicted octanol–water partition coefficient (Wildman–Crippen LogP) is 4.10. The summed E-state index contributed by atoms with van der Waals surface area (Å²) in [7, 11) is 0. The molecular formula is C15H20ClF3N2O. The number of benzene rings is 1. The van der Waals surface area contributed by atoms with Crippen molar-refractivity contribution in [3.63, 3.8) is 0 Å². The van der Waals surface area contributed by atoms with Crippen LogP contribution >= 0.6 is 12.4 Å². The highest BCUT2D eigenvalue weighted by Crippen LogP contribution is 2.32. The average Bonchev–Trinajstić information content (AvgIpc) is 2.46. The lowest BCUT2D eigenvalue weighted by atomic mass is 9.88. The molecule has 3 nitrogen and oxygen atoms in total. The van der Waals surface area contributed by atoms with E-state index in [1.54, 1.807) is 0 Å². The predicted molar refractivity (Wildman–Crippen MR) is 81.8 cm³/mol. The fraction of sp³-hybridized carbons (Fsp3) is 0.533. The maximum absolute atomic E-state index is 12.8. The largest absolute Gasteiger partial charge is 0.416 e. The highest BCUT2D eigenvalue weighted by atomic mass is 35.5. The van der Waals surface area contributed by atoms with Gasteiger partial charge >= 0.3 is 6.18 Å². The molecule has 0 aromatic heterocycles. The van der Waals surface area contributed by atoms with Gasteiger partial charge in [-0.2, -0.15) is 13.2 Å². The summed E-state index contributed by atoms with van der Waals surface area (Å²) in [6.45, 7) is -0.00375. The van der Waals surface area contributed by atoms with Crippen LogP contribution in [-0.4, -0.2) is 5.91 Å². The van der Waals surface area contributed by atoms with Gasteiger partial charge in [-0.3, -0.25) is 4.79 Å². The standard InChI is InChI=1S/C15H19F3N2O.ClH/c16-15(17,18)12-6-10(9-19)7-13(8-12)20-14(21)11-4-2-1-3-5-11;/h6-8,11H,1-5,9,19H2,(H,20,21);1H. The van der Waals surface area contributed by atoms with Crippen LogP contribution in [0.3, 0.4) is 0 Å². The van der Waals surface area contributed by atoms with E-state index in [4.69, 9.17) is 5.73 Å². The molecule has 1 aromatic rings. The lowest BCUT2D eigenvalue weighted by molar-refractivity contribution is -0.137. The van der Waals surface area contributed by atoms with Crippen molar-refractivity contribution in [1.29, 1.82) is 0 Å². The lowest BCUT2D eigenvalue weighted by Crippen LogP contribution is -2.25. The summed E-state index contributed by atoms with van der Waals surface area (Å²) in [6.07, 6.45) is 0.257. The van der Waals surface area contributed by atoms with Crippen molar-refractivity contribution in [3.8, 4) is 0 Å². The topological polar surface area (TPSA) is 55.1 Å². The number of hydrogen-bond donors (Lipinski definition) is 2. The monoisotopic (exact) mass is 336 g/mol. The molecule has 1 saturated carbocycles. The molecule has 7 heteroatoms. The molecule has 0 atom stereocenters. The molecule has 0 spiro atoms. The van der Waals surface area contributed by atoms with Crippen LogP contribution in [0.4, 0.5) is 18.9 Å².